The van der Waals surface area contributed by atoms with Crippen molar-refractivity contribution >= 4 is 5.69 Å². The van der Waals surface area contributed by atoms with E-state index in [-0.39, 0.29) is 6.04 Å². The molecule has 0 bridgehead atoms. The molecule has 0 aliphatic rings. The summed E-state index contributed by atoms with van der Waals surface area (Å²) in [6, 6.07) is 6.12. The van der Waals surface area contributed by atoms with Crippen molar-refractivity contribution in [2.45, 2.75) is 25.8 Å². The number of rotatable bonds is 6. The van der Waals surface area contributed by atoms with E-state index in [0.29, 0.717) is 0 Å². The van der Waals surface area contributed by atoms with Crippen LogP contribution < -0.4 is 11.1 Å². The van der Waals surface area contributed by atoms with Crippen LogP contribution in [0.5, 0.6) is 0 Å². The first-order chi connectivity index (χ1) is 9.31. The van der Waals surface area contributed by atoms with Gasteiger partial charge in [0.15, 0.2) is 0 Å². The van der Waals surface area contributed by atoms with Crippen molar-refractivity contribution in [2.75, 3.05) is 12.3 Å². The fourth-order valence-electron chi connectivity index (χ4n) is 2.04. The molecule has 100 valence electrons. The van der Waals surface area contributed by atoms with Crippen molar-refractivity contribution in [2.24, 2.45) is 0 Å². The minimum atomic E-state index is 0.222. The first-order valence-electron chi connectivity index (χ1n) is 6.63. The van der Waals surface area contributed by atoms with E-state index in [1.807, 2.05) is 24.5 Å². The van der Waals surface area contributed by atoms with E-state index in [2.05, 4.69) is 28.3 Å². The molecule has 1 atom stereocenters. The van der Waals surface area contributed by atoms with Crippen LogP contribution >= 0.6 is 0 Å². The Kier molecular flexibility index (Phi) is 4.86. The van der Waals surface area contributed by atoms with Gasteiger partial charge in [-0.2, -0.15) is 0 Å². The number of nitrogens with two attached hydrogens (primary N) is 1. The number of hydrogen-bond donors (Lipinski definition) is 2. The van der Waals surface area contributed by atoms with Crippen molar-refractivity contribution in [1.82, 2.24) is 15.3 Å². The van der Waals surface area contributed by atoms with Gasteiger partial charge < -0.3 is 11.1 Å². The zero-order valence-corrected chi connectivity index (χ0v) is 11.2. The number of aromatic nitrogens is 2. The van der Waals surface area contributed by atoms with E-state index in [1.165, 1.54) is 5.56 Å². The van der Waals surface area contributed by atoms with Crippen molar-refractivity contribution in [1.29, 1.82) is 0 Å². The van der Waals surface area contributed by atoms with Gasteiger partial charge in [-0.3, -0.25) is 9.97 Å². The van der Waals surface area contributed by atoms with Crippen LogP contribution in [0.25, 0.3) is 0 Å². The molecular formula is C15H20N4. The summed E-state index contributed by atoms with van der Waals surface area (Å²) >= 11 is 0. The third-order valence-corrected chi connectivity index (χ3v) is 3.09. The molecule has 0 saturated heterocycles. The first kappa shape index (κ1) is 13.5. The van der Waals surface area contributed by atoms with Gasteiger partial charge in [-0.15, -0.1) is 0 Å². The second-order valence-electron chi connectivity index (χ2n) is 4.57. The van der Waals surface area contributed by atoms with Crippen molar-refractivity contribution in [3.05, 3.63) is 54.1 Å². The number of anilines is 1. The van der Waals surface area contributed by atoms with E-state index in [4.69, 9.17) is 5.73 Å². The lowest BCUT2D eigenvalue weighted by Gasteiger charge is -2.19. The zero-order chi connectivity index (χ0) is 13.5. The van der Waals surface area contributed by atoms with E-state index in [1.54, 1.807) is 12.4 Å². The summed E-state index contributed by atoms with van der Waals surface area (Å²) in [7, 11) is 0. The number of nitrogens with one attached hydrogen (secondary N) is 1. The third kappa shape index (κ3) is 3.76. The van der Waals surface area contributed by atoms with Gasteiger partial charge in [0.2, 0.25) is 0 Å². The minimum absolute atomic E-state index is 0.222. The fraction of sp³-hybridized carbons (Fsp3) is 0.333. The van der Waals surface area contributed by atoms with E-state index in [9.17, 15) is 0 Å². The second kappa shape index (κ2) is 6.85. The molecular weight excluding hydrogens is 236 g/mol. The van der Waals surface area contributed by atoms with Crippen molar-refractivity contribution < 1.29 is 0 Å². The summed E-state index contributed by atoms with van der Waals surface area (Å²) in [4.78, 5) is 8.34. The highest BCUT2D eigenvalue weighted by Crippen LogP contribution is 2.20. The van der Waals surface area contributed by atoms with Gasteiger partial charge in [0, 0.05) is 36.5 Å². The van der Waals surface area contributed by atoms with Crippen LogP contribution in [0.4, 0.5) is 5.69 Å². The monoisotopic (exact) mass is 256 g/mol. The van der Waals surface area contributed by atoms with E-state index in [0.717, 1.165) is 30.6 Å². The second-order valence-corrected chi connectivity index (χ2v) is 4.57. The SMILES string of the molecule is CCCNC(Cc1cnccc1N)c1cccnc1. The molecule has 2 aromatic rings. The first-order valence-corrected chi connectivity index (χ1v) is 6.63. The van der Waals surface area contributed by atoms with Crippen LogP contribution in [-0.2, 0) is 6.42 Å². The summed E-state index contributed by atoms with van der Waals surface area (Å²) in [6.07, 6.45) is 9.17. The Hall–Kier alpha value is -1.94. The molecule has 2 aromatic heterocycles. The van der Waals surface area contributed by atoms with Gasteiger partial charge in [-0.1, -0.05) is 13.0 Å². The number of nitrogen functional groups attached to an aromatic ring is 1. The topological polar surface area (TPSA) is 63.8 Å². The molecule has 0 aliphatic heterocycles. The van der Waals surface area contributed by atoms with Gasteiger partial charge in [-0.05, 0) is 42.6 Å². The summed E-state index contributed by atoms with van der Waals surface area (Å²) in [6.45, 7) is 3.13. The lowest BCUT2D eigenvalue weighted by atomic mass is 10.0. The van der Waals surface area contributed by atoms with Crippen LogP contribution in [0.1, 0.15) is 30.5 Å². The van der Waals surface area contributed by atoms with Gasteiger partial charge >= 0.3 is 0 Å². The minimum Gasteiger partial charge on any atom is -0.398 e. The number of nitrogens with zero attached hydrogens (tertiary/aromatic N) is 2. The molecule has 2 rings (SSSR count). The standard InChI is InChI=1S/C15H20N4/c1-2-6-19-15(12-4-3-7-17-10-12)9-13-11-18-8-5-14(13)16/h3-5,7-8,10-11,15,19H,2,6,9H2,1H3,(H2,16,18). The maximum atomic E-state index is 5.99. The zero-order valence-electron chi connectivity index (χ0n) is 11.2. The van der Waals surface area contributed by atoms with E-state index >= 15 is 0 Å². The van der Waals surface area contributed by atoms with Crippen LogP contribution in [-0.4, -0.2) is 16.5 Å². The molecule has 4 nitrogen and oxygen atoms in total. The maximum Gasteiger partial charge on any atom is 0.0378 e. The quantitative estimate of drug-likeness (QED) is 0.832. The number of pyridine rings is 2. The van der Waals surface area contributed by atoms with Gasteiger partial charge in [-0.25, -0.2) is 0 Å². The Balaban J connectivity index is 2.17. The molecule has 2 heterocycles. The molecule has 4 heteroatoms. The summed E-state index contributed by atoms with van der Waals surface area (Å²) < 4.78 is 0. The van der Waals surface area contributed by atoms with E-state index < -0.39 is 0 Å². The molecule has 0 aromatic carbocycles. The van der Waals surface area contributed by atoms with Gasteiger partial charge in [0.1, 0.15) is 0 Å². The van der Waals surface area contributed by atoms with Crippen LogP contribution in [0.15, 0.2) is 43.0 Å². The molecule has 0 aliphatic carbocycles. The summed E-state index contributed by atoms with van der Waals surface area (Å²) in [5, 5.41) is 3.54. The highest BCUT2D eigenvalue weighted by Gasteiger charge is 2.13. The lowest BCUT2D eigenvalue weighted by molar-refractivity contribution is 0.528. The predicted octanol–water partition coefficient (Wildman–Crippen LogP) is 2.34. The highest BCUT2D eigenvalue weighted by molar-refractivity contribution is 5.45. The maximum absolute atomic E-state index is 5.99. The average molecular weight is 256 g/mol. The highest BCUT2D eigenvalue weighted by atomic mass is 14.9. The smallest absolute Gasteiger partial charge is 0.0378 e. The van der Waals surface area contributed by atoms with Crippen LogP contribution in [0.2, 0.25) is 0 Å². The summed E-state index contributed by atoms with van der Waals surface area (Å²) in [5.74, 6) is 0. The molecule has 19 heavy (non-hydrogen) atoms. The Labute approximate surface area is 114 Å². The Bertz CT molecular complexity index is 499. The Morgan fingerprint density at radius 1 is 1.21 bits per heavy atom. The Morgan fingerprint density at radius 2 is 2.05 bits per heavy atom. The molecule has 0 saturated carbocycles. The molecule has 0 radical (unpaired) electrons. The molecule has 0 fully saturated rings. The number of hydrogen-bond acceptors (Lipinski definition) is 4. The van der Waals surface area contributed by atoms with Crippen LogP contribution in [0, 0.1) is 0 Å². The predicted molar refractivity (Wildman–Crippen MR) is 77.6 cm³/mol. The molecule has 0 amide bonds. The van der Waals surface area contributed by atoms with Gasteiger partial charge in [0.05, 0.1) is 0 Å². The third-order valence-electron chi connectivity index (χ3n) is 3.09. The fourth-order valence-corrected chi connectivity index (χ4v) is 2.04. The normalized spacial score (nSPS) is 12.3. The molecule has 3 N–H and O–H groups in total. The lowest BCUT2D eigenvalue weighted by Crippen LogP contribution is -2.24. The van der Waals surface area contributed by atoms with Crippen molar-refractivity contribution in [3.8, 4) is 0 Å². The van der Waals surface area contributed by atoms with Crippen LogP contribution in [0.3, 0.4) is 0 Å². The van der Waals surface area contributed by atoms with Crippen molar-refractivity contribution in [3.63, 3.8) is 0 Å². The average Bonchev–Trinajstić information content (AvgIpc) is 2.46. The summed E-state index contributed by atoms with van der Waals surface area (Å²) in [5.41, 5.74) is 9.04. The van der Waals surface area contributed by atoms with Gasteiger partial charge in [0.25, 0.3) is 0 Å². The molecule has 0 spiro atoms. The Morgan fingerprint density at radius 3 is 2.74 bits per heavy atom. The largest absolute Gasteiger partial charge is 0.398 e. The molecule has 1 unspecified atom stereocenters.